The average molecular weight is 397 g/mol. The molecule has 2 aliphatic rings. The number of piperazine rings is 1. The van der Waals surface area contributed by atoms with Gasteiger partial charge in [0.2, 0.25) is 0 Å². The van der Waals surface area contributed by atoms with Crippen LogP contribution in [0.5, 0.6) is 5.75 Å². The van der Waals surface area contributed by atoms with E-state index < -0.39 is 6.10 Å². The van der Waals surface area contributed by atoms with Crippen LogP contribution in [0.2, 0.25) is 0 Å². The number of methoxy groups -OCH3 is 1. The van der Waals surface area contributed by atoms with E-state index in [1.165, 1.54) is 16.8 Å². The van der Waals surface area contributed by atoms with Gasteiger partial charge in [-0.25, -0.2) is 0 Å². The van der Waals surface area contributed by atoms with Gasteiger partial charge in [0, 0.05) is 44.5 Å². The zero-order valence-corrected chi connectivity index (χ0v) is 17.3. The molecular weight excluding hydrogens is 364 g/mol. The maximum atomic E-state index is 10.5. The number of aliphatic hydroxyl groups is 1. The van der Waals surface area contributed by atoms with Gasteiger partial charge in [-0.1, -0.05) is 30.3 Å². The first kappa shape index (κ1) is 20.2. The van der Waals surface area contributed by atoms with Crippen molar-refractivity contribution in [3.8, 4) is 5.75 Å². The number of anilines is 1. The highest BCUT2D eigenvalue weighted by Crippen LogP contribution is 2.32. The number of nitrogens with zero attached hydrogens (tertiary/aromatic N) is 2. The van der Waals surface area contributed by atoms with Gasteiger partial charge < -0.3 is 19.5 Å². The second-order valence-electron chi connectivity index (χ2n) is 8.06. The summed E-state index contributed by atoms with van der Waals surface area (Å²) in [6.45, 7) is 4.87. The molecular formula is C24H32N2O3. The van der Waals surface area contributed by atoms with Crippen LogP contribution in [0.3, 0.4) is 0 Å². The molecule has 0 spiro atoms. The van der Waals surface area contributed by atoms with Gasteiger partial charge in [-0.05, 0) is 42.5 Å². The van der Waals surface area contributed by atoms with Crippen LogP contribution in [-0.4, -0.2) is 62.6 Å². The minimum absolute atomic E-state index is 0.125. The molecule has 1 fully saturated rings. The van der Waals surface area contributed by atoms with Gasteiger partial charge >= 0.3 is 0 Å². The van der Waals surface area contributed by atoms with Crippen LogP contribution in [0, 0.1) is 0 Å². The van der Waals surface area contributed by atoms with E-state index in [1.54, 1.807) is 7.11 Å². The van der Waals surface area contributed by atoms with Crippen LogP contribution in [0.4, 0.5) is 5.69 Å². The van der Waals surface area contributed by atoms with Crippen molar-refractivity contribution < 1.29 is 14.6 Å². The second-order valence-corrected chi connectivity index (χ2v) is 8.06. The van der Waals surface area contributed by atoms with E-state index in [1.807, 2.05) is 12.1 Å². The van der Waals surface area contributed by atoms with Gasteiger partial charge in [0.05, 0.1) is 25.9 Å². The molecule has 0 aromatic heterocycles. The van der Waals surface area contributed by atoms with E-state index in [0.717, 1.165) is 51.2 Å². The minimum atomic E-state index is -0.451. The molecule has 2 aromatic carbocycles. The first-order valence-electron chi connectivity index (χ1n) is 10.7. The quantitative estimate of drug-likeness (QED) is 0.778. The standard InChI is InChI=1S/C24H32N2O3/c1-28-22-9-5-8-20(16-22)26-14-12-25(13-15-26)17-21(27)18-29-24-11-4-7-19-6-2-3-10-23(19)24/h2-3,5-6,8-10,16,21,24,27H,4,7,11-15,17-18H2,1H3/t21-,24-/m1/s1. The highest BCUT2D eigenvalue weighted by atomic mass is 16.5. The second kappa shape index (κ2) is 9.61. The molecule has 5 heteroatoms. The summed E-state index contributed by atoms with van der Waals surface area (Å²) >= 11 is 0. The van der Waals surface area contributed by atoms with Crippen LogP contribution in [0.25, 0.3) is 0 Å². The number of benzene rings is 2. The molecule has 1 N–H and O–H groups in total. The number of ether oxygens (including phenoxy) is 2. The maximum absolute atomic E-state index is 10.5. The summed E-state index contributed by atoms with van der Waals surface area (Å²) in [4.78, 5) is 4.71. The maximum Gasteiger partial charge on any atom is 0.120 e. The summed E-state index contributed by atoms with van der Waals surface area (Å²) in [7, 11) is 1.70. The van der Waals surface area contributed by atoms with Gasteiger partial charge in [0.15, 0.2) is 0 Å². The molecule has 0 unspecified atom stereocenters. The third kappa shape index (κ3) is 5.10. The fourth-order valence-corrected chi connectivity index (χ4v) is 4.46. The molecule has 1 aliphatic heterocycles. The predicted octanol–water partition coefficient (Wildman–Crippen LogP) is 3.27. The molecule has 2 aromatic rings. The zero-order valence-electron chi connectivity index (χ0n) is 17.3. The summed E-state index contributed by atoms with van der Waals surface area (Å²) in [5.74, 6) is 0.891. The Bertz CT molecular complexity index is 789. The molecule has 4 rings (SSSR count). The van der Waals surface area contributed by atoms with Crippen LogP contribution >= 0.6 is 0 Å². The predicted molar refractivity (Wildman–Crippen MR) is 116 cm³/mol. The van der Waals surface area contributed by atoms with Gasteiger partial charge in [-0.15, -0.1) is 0 Å². The summed E-state index contributed by atoms with van der Waals surface area (Å²) < 4.78 is 11.5. The van der Waals surface area contributed by atoms with Crippen LogP contribution in [0.1, 0.15) is 30.1 Å². The number of hydrogen-bond acceptors (Lipinski definition) is 5. The first-order chi connectivity index (χ1) is 14.2. The van der Waals surface area contributed by atoms with Crippen molar-refractivity contribution in [1.29, 1.82) is 0 Å². The Labute approximate surface area is 173 Å². The Balaban J connectivity index is 1.23. The summed E-state index contributed by atoms with van der Waals surface area (Å²) in [5, 5.41) is 10.5. The highest BCUT2D eigenvalue weighted by Gasteiger charge is 2.23. The SMILES string of the molecule is COc1cccc(N2CCN(C[C@@H](O)CO[C@@H]3CCCc4ccccc43)CC2)c1. The Kier molecular flexibility index (Phi) is 6.70. The molecule has 0 radical (unpaired) electrons. The third-order valence-corrected chi connectivity index (χ3v) is 6.06. The average Bonchev–Trinajstić information content (AvgIpc) is 2.78. The molecule has 1 heterocycles. The molecule has 5 nitrogen and oxygen atoms in total. The fourth-order valence-electron chi connectivity index (χ4n) is 4.46. The van der Waals surface area contributed by atoms with Crippen LogP contribution in [0.15, 0.2) is 48.5 Å². The third-order valence-electron chi connectivity index (χ3n) is 6.06. The van der Waals surface area contributed by atoms with Crippen molar-refractivity contribution in [2.24, 2.45) is 0 Å². The highest BCUT2D eigenvalue weighted by molar-refractivity contribution is 5.51. The Hall–Kier alpha value is -2.08. The van der Waals surface area contributed by atoms with Crippen molar-refractivity contribution in [1.82, 2.24) is 4.90 Å². The largest absolute Gasteiger partial charge is 0.497 e. The minimum Gasteiger partial charge on any atom is -0.497 e. The van der Waals surface area contributed by atoms with Crippen LogP contribution in [-0.2, 0) is 11.2 Å². The molecule has 0 saturated carbocycles. The summed E-state index contributed by atoms with van der Waals surface area (Å²) in [6, 6.07) is 16.8. The lowest BCUT2D eigenvalue weighted by atomic mass is 9.89. The Morgan fingerprint density at radius 2 is 1.90 bits per heavy atom. The van der Waals surface area contributed by atoms with Gasteiger partial charge in [0.25, 0.3) is 0 Å². The molecule has 1 aliphatic carbocycles. The van der Waals surface area contributed by atoms with E-state index in [9.17, 15) is 5.11 Å². The van der Waals surface area contributed by atoms with Crippen molar-refractivity contribution in [3.63, 3.8) is 0 Å². The molecule has 156 valence electrons. The first-order valence-corrected chi connectivity index (χ1v) is 10.7. The topological polar surface area (TPSA) is 45.2 Å². The molecule has 0 amide bonds. The molecule has 1 saturated heterocycles. The lowest BCUT2D eigenvalue weighted by Gasteiger charge is -2.37. The Morgan fingerprint density at radius 3 is 2.72 bits per heavy atom. The van der Waals surface area contributed by atoms with E-state index >= 15 is 0 Å². The number of rotatable bonds is 7. The van der Waals surface area contributed by atoms with Crippen molar-refractivity contribution in [3.05, 3.63) is 59.7 Å². The van der Waals surface area contributed by atoms with E-state index in [4.69, 9.17) is 9.47 Å². The molecule has 29 heavy (non-hydrogen) atoms. The summed E-state index contributed by atoms with van der Waals surface area (Å²) in [6.07, 6.45) is 3.01. The van der Waals surface area contributed by atoms with E-state index in [0.29, 0.717) is 13.2 Å². The monoisotopic (exact) mass is 396 g/mol. The lowest BCUT2D eigenvalue weighted by Crippen LogP contribution is -2.49. The smallest absolute Gasteiger partial charge is 0.120 e. The van der Waals surface area contributed by atoms with E-state index in [2.05, 4.69) is 46.2 Å². The van der Waals surface area contributed by atoms with Crippen molar-refractivity contribution in [2.45, 2.75) is 31.5 Å². The van der Waals surface area contributed by atoms with Crippen molar-refractivity contribution >= 4 is 5.69 Å². The number of hydrogen-bond donors (Lipinski definition) is 1. The number of aryl methyl sites for hydroxylation is 1. The number of aliphatic hydroxyl groups excluding tert-OH is 1. The number of β-amino-alcohol motifs (C(OH)–C–C–N with tert-alkyl or cyclic N) is 1. The normalized spacial score (nSPS) is 20.9. The number of fused-ring (bicyclic) bond motifs is 1. The van der Waals surface area contributed by atoms with Gasteiger partial charge in [0.1, 0.15) is 5.75 Å². The molecule has 0 bridgehead atoms. The fraction of sp³-hybridized carbons (Fsp3) is 0.500. The van der Waals surface area contributed by atoms with E-state index in [-0.39, 0.29) is 6.10 Å². The van der Waals surface area contributed by atoms with Gasteiger partial charge in [-0.2, -0.15) is 0 Å². The summed E-state index contributed by atoms with van der Waals surface area (Å²) in [5.41, 5.74) is 3.90. The van der Waals surface area contributed by atoms with Crippen LogP contribution < -0.4 is 9.64 Å². The van der Waals surface area contributed by atoms with Gasteiger partial charge in [-0.3, -0.25) is 4.90 Å². The zero-order chi connectivity index (χ0) is 20.1. The van der Waals surface area contributed by atoms with Crippen molar-refractivity contribution in [2.75, 3.05) is 51.3 Å². The lowest BCUT2D eigenvalue weighted by molar-refractivity contribution is -0.0285. The Morgan fingerprint density at radius 1 is 1.07 bits per heavy atom. The molecule has 2 atom stereocenters.